The summed E-state index contributed by atoms with van der Waals surface area (Å²) >= 11 is 0. The van der Waals surface area contributed by atoms with Crippen LogP contribution in [-0.4, -0.2) is 40.8 Å². The number of aliphatic hydroxyl groups excluding tert-OH is 1. The molecule has 0 bridgehead atoms. The molecule has 9 heteroatoms. The molecule has 1 saturated heterocycles. The molecule has 0 radical (unpaired) electrons. The molecule has 9 nitrogen and oxygen atoms in total. The summed E-state index contributed by atoms with van der Waals surface area (Å²) in [6, 6.07) is 1.23. The van der Waals surface area contributed by atoms with Crippen molar-refractivity contribution < 1.29 is 19.7 Å². The van der Waals surface area contributed by atoms with E-state index in [0.29, 0.717) is 32.5 Å². The molecular formula is C15H21N3O6. The minimum absolute atomic E-state index is 0.0228. The van der Waals surface area contributed by atoms with Crippen LogP contribution in [0.1, 0.15) is 30.9 Å². The molecule has 1 fully saturated rings. The van der Waals surface area contributed by atoms with Crippen molar-refractivity contribution in [2.75, 3.05) is 24.6 Å². The first-order valence-electron chi connectivity index (χ1n) is 7.83. The highest BCUT2D eigenvalue weighted by Gasteiger charge is 2.35. The summed E-state index contributed by atoms with van der Waals surface area (Å²) in [5, 5.41) is 32.3. The van der Waals surface area contributed by atoms with Crippen LogP contribution in [0.4, 0.5) is 17.1 Å². The van der Waals surface area contributed by atoms with Crippen LogP contribution in [-0.2, 0) is 11.3 Å². The number of hydrogen-bond donors (Lipinski definition) is 1. The monoisotopic (exact) mass is 339 g/mol. The van der Waals surface area contributed by atoms with Crippen LogP contribution in [0.2, 0.25) is 0 Å². The standard InChI is InChI=1S/C15H21N3O6/c1-3-24-12-4-6-16(7-5-12)15-13(17(20)21)8-11(9-19)10(2)14(15)18(22)23/h8,12,19H,3-7,9H2,1-2H3. The van der Waals surface area contributed by atoms with E-state index in [2.05, 4.69) is 0 Å². The van der Waals surface area contributed by atoms with Gasteiger partial charge >= 0.3 is 5.69 Å². The van der Waals surface area contributed by atoms with E-state index >= 15 is 0 Å². The molecule has 2 rings (SSSR count). The van der Waals surface area contributed by atoms with Gasteiger partial charge in [0.05, 0.1) is 22.6 Å². The topological polar surface area (TPSA) is 119 Å². The predicted molar refractivity (Wildman–Crippen MR) is 87.3 cm³/mol. The average molecular weight is 339 g/mol. The van der Waals surface area contributed by atoms with Crippen molar-refractivity contribution >= 4 is 17.1 Å². The number of piperidine rings is 1. The van der Waals surface area contributed by atoms with Gasteiger partial charge in [-0.1, -0.05) is 0 Å². The van der Waals surface area contributed by atoms with Crippen molar-refractivity contribution in [2.24, 2.45) is 0 Å². The summed E-state index contributed by atoms with van der Waals surface area (Å²) < 4.78 is 5.56. The van der Waals surface area contributed by atoms with Crippen LogP contribution in [0, 0.1) is 27.2 Å². The average Bonchev–Trinajstić information content (AvgIpc) is 2.54. The number of hydrogen-bond acceptors (Lipinski definition) is 7. The maximum Gasteiger partial charge on any atom is 0.302 e. The number of nitrogens with zero attached hydrogens (tertiary/aromatic N) is 3. The van der Waals surface area contributed by atoms with E-state index in [1.54, 1.807) is 4.90 Å². The Morgan fingerprint density at radius 3 is 2.38 bits per heavy atom. The lowest BCUT2D eigenvalue weighted by Crippen LogP contribution is -2.37. The Morgan fingerprint density at radius 1 is 1.29 bits per heavy atom. The van der Waals surface area contributed by atoms with Gasteiger partial charge in [-0.15, -0.1) is 0 Å². The number of ether oxygens (including phenoxy) is 1. The van der Waals surface area contributed by atoms with E-state index in [0.717, 1.165) is 0 Å². The predicted octanol–water partition coefficient (Wildman–Crippen LogP) is 2.31. The summed E-state index contributed by atoms with van der Waals surface area (Å²) in [7, 11) is 0. The number of aliphatic hydroxyl groups is 1. The van der Waals surface area contributed by atoms with Crippen molar-refractivity contribution in [1.82, 2.24) is 0 Å². The Balaban J connectivity index is 2.49. The van der Waals surface area contributed by atoms with Gasteiger partial charge < -0.3 is 14.7 Å². The zero-order chi connectivity index (χ0) is 17.9. The van der Waals surface area contributed by atoms with Gasteiger partial charge in [0.2, 0.25) is 0 Å². The maximum atomic E-state index is 11.5. The minimum atomic E-state index is -0.629. The van der Waals surface area contributed by atoms with Crippen molar-refractivity contribution in [3.63, 3.8) is 0 Å². The highest BCUT2D eigenvalue weighted by molar-refractivity contribution is 5.79. The number of rotatable bonds is 6. The molecule has 132 valence electrons. The smallest absolute Gasteiger partial charge is 0.302 e. The fraction of sp³-hybridized carbons (Fsp3) is 0.600. The van der Waals surface area contributed by atoms with Crippen molar-refractivity contribution in [3.05, 3.63) is 37.4 Å². The molecule has 0 amide bonds. The molecule has 1 heterocycles. The highest BCUT2D eigenvalue weighted by atomic mass is 16.6. The first-order valence-corrected chi connectivity index (χ1v) is 7.83. The van der Waals surface area contributed by atoms with E-state index in [1.807, 2.05) is 6.92 Å². The number of benzene rings is 1. The van der Waals surface area contributed by atoms with E-state index in [1.165, 1.54) is 13.0 Å². The Kier molecular flexibility index (Phi) is 5.68. The fourth-order valence-electron chi connectivity index (χ4n) is 3.11. The van der Waals surface area contributed by atoms with E-state index in [9.17, 15) is 25.3 Å². The van der Waals surface area contributed by atoms with Gasteiger partial charge in [0, 0.05) is 31.3 Å². The van der Waals surface area contributed by atoms with Gasteiger partial charge in [-0.2, -0.15) is 0 Å². The molecule has 1 aliphatic heterocycles. The van der Waals surface area contributed by atoms with Crippen molar-refractivity contribution in [3.8, 4) is 0 Å². The van der Waals surface area contributed by atoms with Gasteiger partial charge in [-0.05, 0) is 32.3 Å². The largest absolute Gasteiger partial charge is 0.392 e. The van der Waals surface area contributed by atoms with Gasteiger partial charge in [-0.3, -0.25) is 20.2 Å². The van der Waals surface area contributed by atoms with Crippen molar-refractivity contribution in [2.45, 2.75) is 39.4 Å². The van der Waals surface area contributed by atoms with Crippen LogP contribution in [0.25, 0.3) is 0 Å². The van der Waals surface area contributed by atoms with Crippen LogP contribution >= 0.6 is 0 Å². The number of nitro benzene ring substituents is 2. The Hall–Kier alpha value is -2.26. The third-order valence-electron chi connectivity index (χ3n) is 4.32. The van der Waals surface area contributed by atoms with Gasteiger partial charge in [0.1, 0.15) is 0 Å². The minimum Gasteiger partial charge on any atom is -0.392 e. The third-order valence-corrected chi connectivity index (χ3v) is 4.32. The Morgan fingerprint density at radius 2 is 1.92 bits per heavy atom. The molecule has 1 aliphatic rings. The summed E-state index contributed by atoms with van der Waals surface area (Å²) in [6.07, 6.45) is 1.38. The zero-order valence-corrected chi connectivity index (χ0v) is 13.7. The van der Waals surface area contributed by atoms with Gasteiger partial charge in [-0.25, -0.2) is 0 Å². The lowest BCUT2D eigenvalue weighted by atomic mass is 10.0. The summed E-state index contributed by atoms with van der Waals surface area (Å²) in [6.45, 7) is 4.41. The van der Waals surface area contributed by atoms with Crippen LogP contribution in [0.3, 0.4) is 0 Å². The molecule has 0 saturated carbocycles. The molecule has 0 atom stereocenters. The Labute approximate surface area is 139 Å². The molecule has 0 spiro atoms. The number of anilines is 1. The van der Waals surface area contributed by atoms with Crippen LogP contribution in [0.5, 0.6) is 0 Å². The molecule has 1 aromatic carbocycles. The highest BCUT2D eigenvalue weighted by Crippen LogP contribution is 2.42. The molecule has 0 aliphatic carbocycles. The SMILES string of the molecule is CCOC1CCN(c2c([N+](=O)[O-])cc(CO)c(C)c2[N+](=O)[O-])CC1. The molecule has 24 heavy (non-hydrogen) atoms. The van der Waals surface area contributed by atoms with E-state index in [4.69, 9.17) is 4.74 Å². The lowest BCUT2D eigenvalue weighted by Gasteiger charge is -2.33. The summed E-state index contributed by atoms with van der Waals surface area (Å²) in [5.74, 6) is 0. The summed E-state index contributed by atoms with van der Waals surface area (Å²) in [5.41, 5.74) is -0.166. The second kappa shape index (κ2) is 7.54. The normalized spacial score (nSPS) is 15.5. The zero-order valence-electron chi connectivity index (χ0n) is 13.7. The van der Waals surface area contributed by atoms with E-state index < -0.39 is 16.5 Å². The third kappa shape index (κ3) is 3.46. The Bertz CT molecular complexity index is 641. The van der Waals surface area contributed by atoms with Crippen LogP contribution < -0.4 is 4.90 Å². The number of nitro groups is 2. The fourth-order valence-corrected chi connectivity index (χ4v) is 3.11. The van der Waals surface area contributed by atoms with Gasteiger partial charge in [0.15, 0.2) is 5.69 Å². The first-order chi connectivity index (χ1) is 11.4. The van der Waals surface area contributed by atoms with Crippen LogP contribution in [0.15, 0.2) is 6.07 Å². The molecule has 0 unspecified atom stereocenters. The molecular weight excluding hydrogens is 318 g/mol. The molecule has 0 aromatic heterocycles. The van der Waals surface area contributed by atoms with Gasteiger partial charge in [0.25, 0.3) is 5.69 Å². The first kappa shape index (κ1) is 18.1. The second-order valence-corrected chi connectivity index (χ2v) is 5.69. The summed E-state index contributed by atoms with van der Waals surface area (Å²) in [4.78, 5) is 23.4. The maximum absolute atomic E-state index is 11.5. The molecule has 1 N–H and O–H groups in total. The lowest BCUT2D eigenvalue weighted by molar-refractivity contribution is -0.393. The quantitative estimate of drug-likeness (QED) is 0.624. The van der Waals surface area contributed by atoms with E-state index in [-0.39, 0.29) is 34.3 Å². The second-order valence-electron chi connectivity index (χ2n) is 5.69. The van der Waals surface area contributed by atoms with Crippen molar-refractivity contribution in [1.29, 1.82) is 0 Å². The molecule has 1 aromatic rings.